The van der Waals surface area contributed by atoms with Gasteiger partial charge in [-0.25, -0.2) is 8.42 Å². The van der Waals surface area contributed by atoms with Crippen LogP contribution in [0.5, 0.6) is 17.2 Å². The van der Waals surface area contributed by atoms with E-state index in [1.165, 1.54) is 19.3 Å². The Bertz CT molecular complexity index is 1450. The van der Waals surface area contributed by atoms with Crippen LogP contribution in [0.15, 0.2) is 47.1 Å². The van der Waals surface area contributed by atoms with Crippen LogP contribution in [0.4, 0.5) is 5.13 Å². The number of nitriles is 1. The molecule has 1 aromatic heterocycles. The maximum Gasteiger partial charge on any atom is 0.268 e. The van der Waals surface area contributed by atoms with Gasteiger partial charge in [0.05, 0.1) is 12.1 Å². The van der Waals surface area contributed by atoms with Gasteiger partial charge in [-0.3, -0.25) is 10.1 Å². The summed E-state index contributed by atoms with van der Waals surface area (Å²) in [7, 11) is -2.19. The molecule has 0 radical (unpaired) electrons. The normalized spacial score (nSPS) is 11.5. The second-order valence-corrected chi connectivity index (χ2v) is 10.4. The van der Waals surface area contributed by atoms with Gasteiger partial charge in [-0.15, -0.1) is 0 Å². The van der Waals surface area contributed by atoms with Gasteiger partial charge in [0.15, 0.2) is 11.5 Å². The SMILES string of the molecule is COc1cc(C=C(C#N)C(=O)Nc2nc(S(C)(=O)=O)ns2)cc(Cl)c1OCCOc1cccc(C)c1. The van der Waals surface area contributed by atoms with Gasteiger partial charge in [-0.05, 0) is 48.4 Å². The van der Waals surface area contributed by atoms with Gasteiger partial charge < -0.3 is 14.2 Å². The van der Waals surface area contributed by atoms with E-state index < -0.39 is 20.9 Å². The summed E-state index contributed by atoms with van der Waals surface area (Å²) in [6, 6.07) is 12.5. The molecule has 0 unspecified atom stereocenters. The van der Waals surface area contributed by atoms with Crippen molar-refractivity contribution in [2.45, 2.75) is 12.1 Å². The van der Waals surface area contributed by atoms with E-state index in [1.54, 1.807) is 12.1 Å². The highest BCUT2D eigenvalue weighted by atomic mass is 35.5. The quantitative estimate of drug-likeness (QED) is 0.227. The van der Waals surface area contributed by atoms with Crippen LogP contribution in [-0.2, 0) is 14.6 Å². The number of rotatable bonds is 10. The zero-order valence-corrected chi connectivity index (χ0v) is 21.8. The number of nitrogens with one attached hydrogen (secondary N) is 1. The van der Waals surface area contributed by atoms with E-state index in [-0.39, 0.29) is 34.7 Å². The Labute approximate surface area is 217 Å². The van der Waals surface area contributed by atoms with E-state index in [0.717, 1.165) is 17.6 Å². The van der Waals surface area contributed by atoms with Crippen LogP contribution in [0.3, 0.4) is 0 Å². The number of methoxy groups -OCH3 is 1. The highest BCUT2D eigenvalue weighted by Gasteiger charge is 2.18. The summed E-state index contributed by atoms with van der Waals surface area (Å²) in [5.74, 6) is 0.510. The van der Waals surface area contributed by atoms with Crippen molar-refractivity contribution in [3.63, 3.8) is 0 Å². The van der Waals surface area contributed by atoms with Crippen LogP contribution in [0.1, 0.15) is 11.1 Å². The summed E-state index contributed by atoms with van der Waals surface area (Å²) in [4.78, 5) is 16.3. The lowest BCUT2D eigenvalue weighted by molar-refractivity contribution is -0.112. The van der Waals surface area contributed by atoms with Gasteiger partial charge in [-0.1, -0.05) is 23.7 Å². The first-order valence-corrected chi connectivity index (χ1v) is 13.3. The van der Waals surface area contributed by atoms with Crippen molar-refractivity contribution in [3.05, 3.63) is 58.1 Å². The zero-order chi connectivity index (χ0) is 26.3. The number of amides is 1. The molecule has 0 saturated carbocycles. The minimum atomic E-state index is -3.62. The molecule has 13 heteroatoms. The molecule has 3 aromatic rings. The molecular formula is C23H21ClN4O6S2. The summed E-state index contributed by atoms with van der Waals surface area (Å²) in [5, 5.41) is 11.6. The van der Waals surface area contributed by atoms with Crippen molar-refractivity contribution in [3.8, 4) is 23.3 Å². The van der Waals surface area contributed by atoms with E-state index in [0.29, 0.717) is 22.8 Å². The molecule has 0 spiro atoms. The predicted molar refractivity (Wildman–Crippen MR) is 135 cm³/mol. The number of benzene rings is 2. The highest BCUT2D eigenvalue weighted by molar-refractivity contribution is 7.90. The molecule has 36 heavy (non-hydrogen) atoms. The second kappa shape index (κ2) is 11.9. The van der Waals surface area contributed by atoms with Crippen LogP contribution < -0.4 is 19.5 Å². The molecule has 10 nitrogen and oxygen atoms in total. The fraction of sp³-hybridized carbons (Fsp3) is 0.217. The van der Waals surface area contributed by atoms with Crippen LogP contribution in [-0.4, -0.2) is 50.3 Å². The number of nitrogens with zero attached hydrogens (tertiary/aromatic N) is 3. The second-order valence-electron chi connectivity index (χ2n) is 7.33. The molecule has 2 aromatic carbocycles. The molecule has 0 aliphatic carbocycles. The lowest BCUT2D eigenvalue weighted by Crippen LogP contribution is -2.13. The number of carbonyl (C=O) groups is 1. The van der Waals surface area contributed by atoms with Crippen molar-refractivity contribution < 1.29 is 27.4 Å². The van der Waals surface area contributed by atoms with E-state index in [4.69, 9.17) is 25.8 Å². The van der Waals surface area contributed by atoms with Crippen molar-refractivity contribution in [1.29, 1.82) is 5.26 Å². The maximum absolute atomic E-state index is 12.5. The summed E-state index contributed by atoms with van der Waals surface area (Å²) in [6.45, 7) is 2.44. The molecule has 0 bridgehead atoms. The molecule has 0 aliphatic heterocycles. The van der Waals surface area contributed by atoms with E-state index in [9.17, 15) is 18.5 Å². The average molecular weight is 549 g/mol. The Hall–Kier alpha value is -3.66. The number of carbonyl (C=O) groups excluding carboxylic acids is 1. The van der Waals surface area contributed by atoms with Crippen LogP contribution in [0.2, 0.25) is 5.02 Å². The van der Waals surface area contributed by atoms with Crippen molar-refractivity contribution in [2.75, 3.05) is 31.9 Å². The van der Waals surface area contributed by atoms with Gasteiger partial charge >= 0.3 is 0 Å². The smallest absolute Gasteiger partial charge is 0.268 e. The molecule has 0 fully saturated rings. The third kappa shape index (κ3) is 7.17. The molecule has 3 rings (SSSR count). The Balaban J connectivity index is 1.70. The van der Waals surface area contributed by atoms with Crippen molar-refractivity contribution in [2.24, 2.45) is 0 Å². The minimum Gasteiger partial charge on any atom is -0.493 e. The molecule has 1 N–H and O–H groups in total. The summed E-state index contributed by atoms with van der Waals surface area (Å²) in [5.41, 5.74) is 1.21. The summed E-state index contributed by atoms with van der Waals surface area (Å²) >= 11 is 7.06. The molecule has 1 amide bonds. The zero-order valence-electron chi connectivity index (χ0n) is 19.4. The van der Waals surface area contributed by atoms with Crippen molar-refractivity contribution in [1.82, 2.24) is 9.36 Å². The van der Waals surface area contributed by atoms with Gasteiger partial charge in [0.2, 0.25) is 15.0 Å². The van der Waals surface area contributed by atoms with Crippen LogP contribution >= 0.6 is 23.1 Å². The lowest BCUT2D eigenvalue weighted by Gasteiger charge is -2.14. The fourth-order valence-corrected chi connectivity index (χ4v) is 4.58. The standard InChI is InChI=1S/C23H21ClN4O6S2/c1-14-5-4-6-17(9-14)33-7-8-34-20-18(24)11-15(12-19(20)32-2)10-16(13-25)21(29)26-22-27-23(28-35-22)36(3,30)31/h4-6,9-12H,7-8H2,1-3H3,(H,26,27,28,29). The fourth-order valence-electron chi connectivity index (χ4n) is 2.86. The maximum atomic E-state index is 12.5. The number of sulfone groups is 1. The Kier molecular flexibility index (Phi) is 8.87. The number of halogens is 1. The third-order valence-electron chi connectivity index (χ3n) is 4.48. The van der Waals surface area contributed by atoms with E-state index >= 15 is 0 Å². The highest BCUT2D eigenvalue weighted by Crippen LogP contribution is 2.37. The van der Waals surface area contributed by atoms with Crippen LogP contribution in [0, 0.1) is 18.3 Å². The largest absolute Gasteiger partial charge is 0.493 e. The van der Waals surface area contributed by atoms with Gasteiger partial charge in [0.1, 0.15) is 30.6 Å². The molecule has 1 heterocycles. The monoisotopic (exact) mass is 548 g/mol. The molecule has 188 valence electrons. The lowest BCUT2D eigenvalue weighted by atomic mass is 10.1. The predicted octanol–water partition coefficient (Wildman–Crippen LogP) is 3.92. The van der Waals surface area contributed by atoms with Crippen molar-refractivity contribution >= 4 is 50.1 Å². The Morgan fingerprint density at radius 1 is 1.25 bits per heavy atom. The topological polar surface area (TPSA) is 140 Å². The minimum absolute atomic E-state index is 0.0613. The number of aromatic nitrogens is 2. The average Bonchev–Trinajstić information content (AvgIpc) is 3.30. The molecule has 0 aliphatic rings. The molecular weight excluding hydrogens is 528 g/mol. The Morgan fingerprint density at radius 2 is 2.00 bits per heavy atom. The Morgan fingerprint density at radius 3 is 2.64 bits per heavy atom. The number of anilines is 1. The summed E-state index contributed by atoms with van der Waals surface area (Å²) in [6.07, 6.45) is 2.25. The molecule has 0 atom stereocenters. The first-order valence-electron chi connectivity index (χ1n) is 10.3. The van der Waals surface area contributed by atoms with Gasteiger partial charge in [0, 0.05) is 17.8 Å². The molecule has 0 saturated heterocycles. The first kappa shape index (κ1) is 26.9. The van der Waals surface area contributed by atoms with Gasteiger partial charge in [0.25, 0.3) is 11.1 Å². The van der Waals surface area contributed by atoms with E-state index in [2.05, 4.69) is 14.7 Å². The number of ether oxygens (including phenoxy) is 3. The number of hydrogen-bond donors (Lipinski definition) is 1. The number of aryl methyl sites for hydroxylation is 1. The summed E-state index contributed by atoms with van der Waals surface area (Å²) < 4.78 is 43.5. The van der Waals surface area contributed by atoms with E-state index in [1.807, 2.05) is 31.2 Å². The van der Waals surface area contributed by atoms with Gasteiger partial charge in [-0.2, -0.15) is 14.6 Å². The van der Waals surface area contributed by atoms with Crippen LogP contribution in [0.25, 0.3) is 6.08 Å². The third-order valence-corrected chi connectivity index (χ3v) is 6.35. The number of hydrogen-bond acceptors (Lipinski definition) is 10. The first-order chi connectivity index (χ1) is 17.1.